The molecule has 0 aliphatic rings. The normalized spacial score (nSPS) is 13.4. The summed E-state index contributed by atoms with van der Waals surface area (Å²) in [6.07, 6.45) is 37.3. The van der Waals surface area contributed by atoms with Crippen LogP contribution in [0, 0.1) is 0 Å². The van der Waals surface area contributed by atoms with Crippen molar-refractivity contribution in [2.45, 2.75) is 180 Å². The molecular formula is C43H77NO7. The van der Waals surface area contributed by atoms with Gasteiger partial charge in [0.25, 0.3) is 0 Å². The van der Waals surface area contributed by atoms with Gasteiger partial charge in [0.1, 0.15) is 12.6 Å². The van der Waals surface area contributed by atoms with E-state index in [1.54, 1.807) is 21.1 Å². The largest absolute Gasteiger partial charge is 0.544 e. The molecule has 0 bridgehead atoms. The van der Waals surface area contributed by atoms with Crippen molar-refractivity contribution in [3.63, 3.8) is 0 Å². The highest BCUT2D eigenvalue weighted by Gasteiger charge is 2.25. The van der Waals surface area contributed by atoms with Crippen molar-refractivity contribution < 1.29 is 38.2 Å². The third-order valence-electron chi connectivity index (χ3n) is 9.03. The van der Waals surface area contributed by atoms with Gasteiger partial charge >= 0.3 is 11.9 Å². The Morgan fingerprint density at radius 3 is 1.53 bits per heavy atom. The van der Waals surface area contributed by atoms with Crippen molar-refractivity contribution in [1.29, 1.82) is 0 Å². The van der Waals surface area contributed by atoms with Crippen LogP contribution in [-0.4, -0.2) is 75.5 Å². The molecule has 8 heteroatoms. The molecule has 8 nitrogen and oxygen atoms in total. The summed E-state index contributed by atoms with van der Waals surface area (Å²) in [5.74, 6) is -1.76. The quantitative estimate of drug-likeness (QED) is 0.0209. The van der Waals surface area contributed by atoms with Crippen LogP contribution in [0.25, 0.3) is 0 Å². The Labute approximate surface area is 313 Å². The van der Waals surface area contributed by atoms with Gasteiger partial charge < -0.3 is 28.6 Å². The van der Waals surface area contributed by atoms with Crippen molar-refractivity contribution in [3.05, 3.63) is 36.5 Å². The number of quaternary nitrogens is 1. The molecule has 0 saturated heterocycles. The molecule has 0 spiro atoms. The number of allylic oxidation sites excluding steroid dienone is 6. The first-order valence-corrected chi connectivity index (χ1v) is 20.5. The number of carboxylic acid groups (broad SMARTS) is 1. The van der Waals surface area contributed by atoms with Gasteiger partial charge in [0.05, 0.1) is 40.3 Å². The van der Waals surface area contributed by atoms with Gasteiger partial charge in [0.15, 0.2) is 6.10 Å². The molecule has 2 unspecified atom stereocenters. The van der Waals surface area contributed by atoms with Crippen LogP contribution >= 0.6 is 0 Å². The Bertz CT molecular complexity index is 937. The van der Waals surface area contributed by atoms with Gasteiger partial charge in [0.2, 0.25) is 0 Å². The second-order valence-corrected chi connectivity index (χ2v) is 14.9. The summed E-state index contributed by atoms with van der Waals surface area (Å²) in [5, 5.41) is 11.6. The molecule has 0 N–H and O–H groups in total. The van der Waals surface area contributed by atoms with Crippen molar-refractivity contribution in [2.24, 2.45) is 0 Å². The topological polar surface area (TPSA) is 102 Å². The fraction of sp³-hybridized carbons (Fsp3) is 0.791. The van der Waals surface area contributed by atoms with Gasteiger partial charge in [-0.1, -0.05) is 121 Å². The Balaban J connectivity index is 4.41. The summed E-state index contributed by atoms with van der Waals surface area (Å²) >= 11 is 0. The Morgan fingerprint density at radius 2 is 1.04 bits per heavy atom. The lowest BCUT2D eigenvalue weighted by molar-refractivity contribution is -0.889. The maximum Gasteiger partial charge on any atom is 0.306 e. The van der Waals surface area contributed by atoms with Gasteiger partial charge in [-0.25, -0.2) is 0 Å². The molecule has 51 heavy (non-hydrogen) atoms. The monoisotopic (exact) mass is 720 g/mol. The highest BCUT2D eigenvalue weighted by Crippen LogP contribution is 2.13. The maximum absolute atomic E-state index is 12.6. The number of carbonyl (C=O) groups excluding carboxylic acids is 3. The molecule has 0 saturated carbocycles. The number of hydrogen-bond donors (Lipinski definition) is 0. The van der Waals surface area contributed by atoms with E-state index >= 15 is 0 Å². The fourth-order valence-electron chi connectivity index (χ4n) is 5.76. The van der Waals surface area contributed by atoms with Crippen LogP contribution in [0.3, 0.4) is 0 Å². The van der Waals surface area contributed by atoms with E-state index in [2.05, 4.69) is 50.3 Å². The average Bonchev–Trinajstić information content (AvgIpc) is 3.08. The molecule has 0 fully saturated rings. The molecule has 0 heterocycles. The van der Waals surface area contributed by atoms with Crippen LogP contribution < -0.4 is 5.11 Å². The zero-order valence-electron chi connectivity index (χ0n) is 33.5. The van der Waals surface area contributed by atoms with E-state index in [0.717, 1.165) is 64.2 Å². The van der Waals surface area contributed by atoms with E-state index in [9.17, 15) is 19.5 Å². The van der Waals surface area contributed by atoms with Gasteiger partial charge in [-0.15, -0.1) is 0 Å². The summed E-state index contributed by atoms with van der Waals surface area (Å²) in [7, 11) is 5.39. The number of hydrogen-bond acceptors (Lipinski definition) is 7. The lowest BCUT2D eigenvalue weighted by Crippen LogP contribution is -2.55. The predicted octanol–water partition coefficient (Wildman–Crippen LogP) is 9.35. The highest BCUT2D eigenvalue weighted by atomic mass is 16.6. The first-order valence-electron chi connectivity index (χ1n) is 20.5. The Kier molecular flexibility index (Phi) is 33.0. The van der Waals surface area contributed by atoms with Crippen LogP contribution in [0.1, 0.15) is 168 Å². The molecule has 0 amide bonds. The number of likely N-dealkylation sites (N-methyl/N-ethyl adjacent to an activating group) is 1. The van der Waals surface area contributed by atoms with Gasteiger partial charge in [-0.3, -0.25) is 9.59 Å². The minimum absolute atomic E-state index is 0.0341. The number of carbonyl (C=O) groups is 3. The first kappa shape index (κ1) is 48.5. The molecule has 0 aromatic heterocycles. The van der Waals surface area contributed by atoms with Gasteiger partial charge in [-0.05, 0) is 64.2 Å². The third-order valence-corrected chi connectivity index (χ3v) is 9.03. The standard InChI is InChI=1S/C43H77NO7/c1-6-8-10-12-14-16-18-20-21-22-24-25-27-29-31-33-41(45)50-38-39(37-49-36-35-40(43(47)48)44(3,4)5)51-42(46)34-32-30-28-26-23-19-17-15-13-11-9-7-2/h14-18,20,39-40H,6-13,19,21-38H2,1-5H3/b16-14+,17-15+,20-18+. The smallest absolute Gasteiger partial charge is 0.306 e. The van der Waals surface area contributed by atoms with Gasteiger partial charge in [0, 0.05) is 19.3 Å². The molecule has 0 rings (SSSR count). The Morgan fingerprint density at radius 1 is 0.588 bits per heavy atom. The van der Waals surface area contributed by atoms with Gasteiger partial charge in [-0.2, -0.15) is 0 Å². The fourth-order valence-corrected chi connectivity index (χ4v) is 5.76. The van der Waals surface area contributed by atoms with Crippen molar-refractivity contribution in [1.82, 2.24) is 0 Å². The second-order valence-electron chi connectivity index (χ2n) is 14.9. The van der Waals surface area contributed by atoms with E-state index in [1.807, 2.05) is 0 Å². The van der Waals surface area contributed by atoms with E-state index in [0.29, 0.717) is 12.8 Å². The SMILES string of the molecule is CCCCC/C=C/C=C/CCCCCCCCC(=O)OCC(COCCC(C(=O)[O-])[N+](C)(C)C)OC(=O)CCCCCCC/C=C/CCCCC. The zero-order valence-corrected chi connectivity index (χ0v) is 33.5. The molecule has 296 valence electrons. The summed E-state index contributed by atoms with van der Waals surface area (Å²) in [6.45, 7) is 4.57. The van der Waals surface area contributed by atoms with Crippen LogP contribution in [0.15, 0.2) is 36.5 Å². The predicted molar refractivity (Wildman–Crippen MR) is 208 cm³/mol. The number of esters is 2. The van der Waals surface area contributed by atoms with Crippen molar-refractivity contribution >= 4 is 17.9 Å². The summed E-state index contributed by atoms with van der Waals surface area (Å²) in [5.41, 5.74) is 0. The van der Waals surface area contributed by atoms with Crippen LogP contribution in [0.2, 0.25) is 0 Å². The molecule has 0 aliphatic heterocycles. The lowest BCUT2D eigenvalue weighted by atomic mass is 10.1. The van der Waals surface area contributed by atoms with E-state index in [-0.39, 0.29) is 42.7 Å². The number of carboxylic acids is 1. The highest BCUT2D eigenvalue weighted by molar-refractivity contribution is 5.70. The summed E-state index contributed by atoms with van der Waals surface area (Å²) < 4.78 is 17.1. The number of ether oxygens (including phenoxy) is 3. The number of aliphatic carboxylic acids is 1. The number of unbranched alkanes of at least 4 members (excludes halogenated alkanes) is 17. The average molecular weight is 720 g/mol. The van der Waals surface area contributed by atoms with E-state index in [4.69, 9.17) is 14.2 Å². The van der Waals surface area contributed by atoms with E-state index in [1.165, 1.54) is 70.6 Å². The first-order chi connectivity index (χ1) is 24.6. The van der Waals surface area contributed by atoms with Crippen molar-refractivity contribution in [3.8, 4) is 0 Å². The summed E-state index contributed by atoms with van der Waals surface area (Å²) in [4.78, 5) is 36.7. The number of rotatable bonds is 36. The van der Waals surface area contributed by atoms with Crippen LogP contribution in [0.5, 0.6) is 0 Å². The minimum atomic E-state index is -1.13. The molecule has 0 aliphatic carbocycles. The molecule has 0 radical (unpaired) electrons. The van der Waals surface area contributed by atoms with Crippen molar-refractivity contribution in [2.75, 3.05) is 41.0 Å². The molecular weight excluding hydrogens is 642 g/mol. The molecule has 2 atom stereocenters. The van der Waals surface area contributed by atoms with Crippen LogP contribution in [0.4, 0.5) is 0 Å². The Hall–Kier alpha value is -2.45. The molecule has 0 aromatic rings. The summed E-state index contributed by atoms with van der Waals surface area (Å²) in [6, 6.07) is -0.727. The minimum Gasteiger partial charge on any atom is -0.544 e. The lowest BCUT2D eigenvalue weighted by Gasteiger charge is -2.34. The van der Waals surface area contributed by atoms with Crippen LogP contribution in [-0.2, 0) is 28.6 Å². The third kappa shape index (κ3) is 33.2. The zero-order chi connectivity index (χ0) is 37.8. The maximum atomic E-state index is 12.6. The second kappa shape index (κ2) is 34.6. The molecule has 0 aromatic carbocycles. The number of nitrogens with zero attached hydrogens (tertiary/aromatic N) is 1. The van der Waals surface area contributed by atoms with E-state index < -0.39 is 18.1 Å².